The highest BCUT2D eigenvalue weighted by Gasteiger charge is 2.25. The van der Waals surface area contributed by atoms with E-state index in [9.17, 15) is 10.1 Å². The summed E-state index contributed by atoms with van der Waals surface area (Å²) in [6.45, 7) is 5.87. The second-order valence-electron chi connectivity index (χ2n) is 4.81. The fourth-order valence-corrected chi connectivity index (χ4v) is 1.96. The van der Waals surface area contributed by atoms with Crippen molar-refractivity contribution in [3.63, 3.8) is 0 Å². The zero-order valence-corrected chi connectivity index (χ0v) is 12.0. The van der Waals surface area contributed by atoms with Crippen LogP contribution in [0.5, 0.6) is 0 Å². The number of rotatable bonds is 5. The molecule has 20 heavy (non-hydrogen) atoms. The van der Waals surface area contributed by atoms with Crippen molar-refractivity contribution in [2.24, 2.45) is 7.05 Å². The zero-order chi connectivity index (χ0) is 14.9. The average Bonchev–Trinajstić information content (AvgIpc) is 2.95. The molecular weight excluding hydrogens is 260 g/mol. The number of nitrogens with one attached hydrogen (secondary N) is 1. The van der Waals surface area contributed by atoms with Crippen LogP contribution in [-0.2, 0) is 13.5 Å². The van der Waals surface area contributed by atoms with Gasteiger partial charge < -0.3 is 5.32 Å². The van der Waals surface area contributed by atoms with Gasteiger partial charge in [0.05, 0.1) is 16.8 Å². The fraction of sp³-hybridized carbons (Fsp3) is 0.500. The molecule has 108 valence electrons. The van der Waals surface area contributed by atoms with Gasteiger partial charge in [-0.2, -0.15) is 10.2 Å². The van der Waals surface area contributed by atoms with Crippen LogP contribution < -0.4 is 5.32 Å². The topological polar surface area (TPSA) is 90.8 Å². The Morgan fingerprint density at radius 3 is 2.70 bits per heavy atom. The second kappa shape index (κ2) is 5.32. The third kappa shape index (κ3) is 2.49. The minimum Gasteiger partial charge on any atom is -0.332 e. The minimum absolute atomic E-state index is 0.0206. The summed E-state index contributed by atoms with van der Waals surface area (Å²) < 4.78 is 3.27. The molecule has 0 atom stereocenters. The molecule has 0 aliphatic carbocycles. The van der Waals surface area contributed by atoms with Crippen LogP contribution in [0.1, 0.15) is 32.5 Å². The molecule has 0 aliphatic heterocycles. The number of anilines is 2. The highest BCUT2D eigenvalue weighted by molar-refractivity contribution is 5.67. The highest BCUT2D eigenvalue weighted by atomic mass is 16.6. The molecule has 2 rings (SSSR count). The van der Waals surface area contributed by atoms with Gasteiger partial charge in [-0.05, 0) is 20.3 Å². The van der Waals surface area contributed by atoms with Crippen molar-refractivity contribution in [2.75, 3.05) is 5.32 Å². The lowest BCUT2D eigenvalue weighted by Gasteiger charge is -2.04. The van der Waals surface area contributed by atoms with Crippen LogP contribution >= 0.6 is 0 Å². The van der Waals surface area contributed by atoms with E-state index in [-0.39, 0.29) is 11.7 Å². The number of nitro groups is 1. The monoisotopic (exact) mass is 278 g/mol. The van der Waals surface area contributed by atoms with E-state index in [0.717, 1.165) is 0 Å². The molecule has 0 aromatic carbocycles. The first-order valence-electron chi connectivity index (χ1n) is 6.45. The maximum absolute atomic E-state index is 11.2. The van der Waals surface area contributed by atoms with E-state index in [1.807, 2.05) is 27.0 Å². The maximum Gasteiger partial charge on any atom is 0.334 e. The summed E-state index contributed by atoms with van der Waals surface area (Å²) in [6, 6.07) is 0.235. The molecule has 0 aliphatic rings. The molecule has 0 radical (unpaired) electrons. The molecule has 0 amide bonds. The molecule has 0 bridgehead atoms. The number of hydrogen-bond acceptors (Lipinski definition) is 5. The maximum atomic E-state index is 11.2. The molecule has 0 saturated heterocycles. The molecule has 0 spiro atoms. The van der Waals surface area contributed by atoms with E-state index in [0.29, 0.717) is 23.6 Å². The van der Waals surface area contributed by atoms with Crippen molar-refractivity contribution in [2.45, 2.75) is 33.2 Å². The van der Waals surface area contributed by atoms with Gasteiger partial charge in [-0.15, -0.1) is 0 Å². The summed E-state index contributed by atoms with van der Waals surface area (Å²) in [5.41, 5.74) is 1.19. The Kier molecular flexibility index (Phi) is 3.73. The van der Waals surface area contributed by atoms with Crippen LogP contribution in [0, 0.1) is 10.1 Å². The standard InChI is InChI=1S/C12H18N6O2/c1-5-10-11(18(19)20)12(16(4)15-10)14-9-6-13-17(7-9)8(2)3/h6-8,14H,5H2,1-4H3. The molecule has 2 heterocycles. The summed E-state index contributed by atoms with van der Waals surface area (Å²) in [4.78, 5) is 10.8. The van der Waals surface area contributed by atoms with Crippen LogP contribution in [0.25, 0.3) is 0 Å². The molecule has 2 aromatic rings. The predicted molar refractivity (Wildman–Crippen MR) is 75.1 cm³/mol. The van der Waals surface area contributed by atoms with Crippen molar-refractivity contribution in [3.05, 3.63) is 28.2 Å². The largest absolute Gasteiger partial charge is 0.334 e. The van der Waals surface area contributed by atoms with Crippen molar-refractivity contribution >= 4 is 17.2 Å². The molecule has 8 heteroatoms. The van der Waals surface area contributed by atoms with Crippen LogP contribution in [0.2, 0.25) is 0 Å². The first kappa shape index (κ1) is 14.0. The van der Waals surface area contributed by atoms with Crippen molar-refractivity contribution < 1.29 is 4.92 Å². The summed E-state index contributed by atoms with van der Waals surface area (Å²) >= 11 is 0. The Bertz CT molecular complexity index is 628. The highest BCUT2D eigenvalue weighted by Crippen LogP contribution is 2.30. The van der Waals surface area contributed by atoms with Gasteiger partial charge in [0.15, 0.2) is 0 Å². The summed E-state index contributed by atoms with van der Waals surface area (Å²) in [5, 5.41) is 22.6. The molecule has 0 fully saturated rings. The SMILES string of the molecule is CCc1nn(C)c(Nc2cnn(C(C)C)c2)c1[N+](=O)[O-]. The Morgan fingerprint density at radius 1 is 1.50 bits per heavy atom. The van der Waals surface area contributed by atoms with Crippen LogP contribution in [0.4, 0.5) is 17.2 Å². The van der Waals surface area contributed by atoms with E-state index < -0.39 is 4.92 Å². The lowest BCUT2D eigenvalue weighted by molar-refractivity contribution is -0.384. The van der Waals surface area contributed by atoms with Gasteiger partial charge in [-0.3, -0.25) is 14.8 Å². The van der Waals surface area contributed by atoms with E-state index in [4.69, 9.17) is 0 Å². The molecule has 0 unspecified atom stereocenters. The molecule has 1 N–H and O–H groups in total. The van der Waals surface area contributed by atoms with Gasteiger partial charge in [0, 0.05) is 19.3 Å². The summed E-state index contributed by atoms with van der Waals surface area (Å²) in [5.74, 6) is 0.371. The first-order chi connectivity index (χ1) is 9.43. The third-order valence-corrected chi connectivity index (χ3v) is 3.00. The average molecular weight is 278 g/mol. The second-order valence-corrected chi connectivity index (χ2v) is 4.81. The lowest BCUT2D eigenvalue weighted by Crippen LogP contribution is -2.02. The quantitative estimate of drug-likeness (QED) is 0.670. The number of nitrogens with zero attached hydrogens (tertiary/aromatic N) is 5. The van der Waals surface area contributed by atoms with Crippen molar-refractivity contribution in [1.29, 1.82) is 0 Å². The van der Waals surface area contributed by atoms with Gasteiger partial charge in [0.2, 0.25) is 5.82 Å². The Hall–Kier alpha value is -2.38. The van der Waals surface area contributed by atoms with Crippen molar-refractivity contribution in [3.8, 4) is 0 Å². The molecule has 2 aromatic heterocycles. The van der Waals surface area contributed by atoms with Gasteiger partial charge >= 0.3 is 5.69 Å². The lowest BCUT2D eigenvalue weighted by atomic mass is 10.3. The molecule has 8 nitrogen and oxygen atoms in total. The normalized spacial score (nSPS) is 11.1. The zero-order valence-electron chi connectivity index (χ0n) is 12.0. The Morgan fingerprint density at radius 2 is 2.20 bits per heavy atom. The van der Waals surface area contributed by atoms with Crippen molar-refractivity contribution in [1.82, 2.24) is 19.6 Å². The predicted octanol–water partition coefficient (Wildman–Crippen LogP) is 2.41. The van der Waals surface area contributed by atoms with E-state index >= 15 is 0 Å². The van der Waals surface area contributed by atoms with E-state index in [1.165, 1.54) is 4.68 Å². The van der Waals surface area contributed by atoms with Gasteiger partial charge in [0.1, 0.15) is 5.69 Å². The van der Waals surface area contributed by atoms with Crippen LogP contribution in [0.3, 0.4) is 0 Å². The minimum atomic E-state index is -0.402. The van der Waals surface area contributed by atoms with Gasteiger partial charge in [-0.1, -0.05) is 6.92 Å². The molecular formula is C12H18N6O2. The Balaban J connectivity index is 2.37. The fourth-order valence-electron chi connectivity index (χ4n) is 1.96. The number of hydrogen-bond donors (Lipinski definition) is 1. The number of aryl methyl sites for hydroxylation is 2. The van der Waals surface area contributed by atoms with E-state index in [2.05, 4.69) is 15.5 Å². The van der Waals surface area contributed by atoms with E-state index in [1.54, 1.807) is 17.9 Å². The Labute approximate surface area is 116 Å². The summed E-state index contributed by atoms with van der Waals surface area (Å²) in [6.07, 6.45) is 3.96. The van der Waals surface area contributed by atoms with Crippen LogP contribution in [0.15, 0.2) is 12.4 Å². The number of aromatic nitrogens is 4. The summed E-state index contributed by atoms with van der Waals surface area (Å²) in [7, 11) is 1.68. The molecule has 0 saturated carbocycles. The first-order valence-corrected chi connectivity index (χ1v) is 6.45. The van der Waals surface area contributed by atoms with Gasteiger partial charge in [0.25, 0.3) is 0 Å². The van der Waals surface area contributed by atoms with Crippen LogP contribution in [-0.4, -0.2) is 24.5 Å². The smallest absolute Gasteiger partial charge is 0.332 e. The van der Waals surface area contributed by atoms with Gasteiger partial charge in [-0.25, -0.2) is 4.68 Å². The third-order valence-electron chi connectivity index (χ3n) is 3.00.